The molecule has 0 radical (unpaired) electrons. The Morgan fingerprint density at radius 2 is 0.847 bits per heavy atom. The number of nitrogens with two attached hydrogens (primary N) is 1. The van der Waals surface area contributed by atoms with Crippen LogP contribution < -0.4 is 5.73 Å². The second kappa shape index (κ2) is 42.9. The number of carbonyl (C=O) groups is 3. The summed E-state index contributed by atoms with van der Waals surface area (Å²) in [7, 11) is -4.71. The monoisotopic (exact) mass is 860 g/mol. The SMILES string of the molecule is CCCCCCCC/C=C\CCCCCCCCCC(=O)OC(COC(=O)CCCCCCCCCCCCCCCCCCCC)COP(=O)(O)OCC(N)C(=O)O. The summed E-state index contributed by atoms with van der Waals surface area (Å²) in [6, 6.07) is -1.52. The fourth-order valence-electron chi connectivity index (χ4n) is 6.94. The highest BCUT2D eigenvalue weighted by Crippen LogP contribution is 2.43. The van der Waals surface area contributed by atoms with Gasteiger partial charge in [0.25, 0.3) is 0 Å². The van der Waals surface area contributed by atoms with Crippen molar-refractivity contribution in [3.8, 4) is 0 Å². The van der Waals surface area contributed by atoms with E-state index in [0.717, 1.165) is 44.9 Å². The number of carboxylic acid groups (broad SMARTS) is 1. The van der Waals surface area contributed by atoms with E-state index >= 15 is 0 Å². The van der Waals surface area contributed by atoms with Crippen LogP contribution in [0.25, 0.3) is 0 Å². The molecule has 0 aliphatic heterocycles. The van der Waals surface area contributed by atoms with Crippen molar-refractivity contribution in [3.63, 3.8) is 0 Å². The summed E-state index contributed by atoms with van der Waals surface area (Å²) >= 11 is 0. The quantitative estimate of drug-likeness (QED) is 0.0230. The van der Waals surface area contributed by atoms with Crippen molar-refractivity contribution < 1.29 is 47.5 Å². The second-order valence-corrected chi connectivity index (χ2v) is 18.1. The van der Waals surface area contributed by atoms with E-state index in [1.54, 1.807) is 0 Å². The van der Waals surface area contributed by atoms with Gasteiger partial charge in [-0.15, -0.1) is 0 Å². The number of unbranched alkanes of at least 4 members (excludes halogenated alkanes) is 30. The van der Waals surface area contributed by atoms with Gasteiger partial charge in [-0.05, 0) is 38.5 Å². The normalized spacial score (nSPS) is 13.7. The molecule has 0 fully saturated rings. The van der Waals surface area contributed by atoms with E-state index in [1.807, 2.05) is 0 Å². The molecule has 3 unspecified atom stereocenters. The van der Waals surface area contributed by atoms with E-state index in [1.165, 1.54) is 154 Å². The lowest BCUT2D eigenvalue weighted by molar-refractivity contribution is -0.161. The molecule has 0 saturated heterocycles. The molecule has 0 bridgehead atoms. The third kappa shape index (κ3) is 42.7. The average Bonchev–Trinajstić information content (AvgIpc) is 3.21. The summed E-state index contributed by atoms with van der Waals surface area (Å²) in [6.07, 6.45) is 44.1. The number of aliphatic carboxylic acids is 1. The Morgan fingerprint density at radius 3 is 1.24 bits per heavy atom. The molecule has 0 aromatic heterocycles. The van der Waals surface area contributed by atoms with E-state index in [-0.39, 0.29) is 19.4 Å². The van der Waals surface area contributed by atoms with Gasteiger partial charge in [0.2, 0.25) is 0 Å². The highest BCUT2D eigenvalue weighted by molar-refractivity contribution is 7.47. The standard InChI is InChI=1S/C47H90NO10P/c1-3-5-7-9-11-13-15-17-19-21-23-24-26-28-30-32-34-36-38-45(49)55-40-43(41-56-59(53,54)57-42-44(48)47(51)52)58-46(50)39-37-35-33-31-29-27-25-22-20-18-16-14-12-10-8-6-4-2/h18,20,43-44H,3-17,19,21-42,48H2,1-2H3,(H,51,52)(H,53,54)/b20-18-. The third-order valence-corrected chi connectivity index (χ3v) is 11.7. The van der Waals surface area contributed by atoms with Crippen molar-refractivity contribution in [3.05, 3.63) is 12.2 Å². The molecule has 0 rings (SSSR count). The van der Waals surface area contributed by atoms with Gasteiger partial charge in [0, 0.05) is 12.8 Å². The Balaban J connectivity index is 4.26. The Kier molecular flexibility index (Phi) is 41.6. The van der Waals surface area contributed by atoms with Gasteiger partial charge in [0.15, 0.2) is 6.10 Å². The minimum absolute atomic E-state index is 0.161. The van der Waals surface area contributed by atoms with Gasteiger partial charge in [-0.3, -0.25) is 23.4 Å². The largest absolute Gasteiger partial charge is 0.480 e. The van der Waals surface area contributed by atoms with Crippen molar-refractivity contribution in [1.82, 2.24) is 0 Å². The first-order valence-corrected chi connectivity index (χ1v) is 25.7. The van der Waals surface area contributed by atoms with Crippen LogP contribution in [-0.2, 0) is 37.5 Å². The lowest BCUT2D eigenvalue weighted by Crippen LogP contribution is -2.34. The molecule has 12 heteroatoms. The van der Waals surface area contributed by atoms with Crippen molar-refractivity contribution in [2.75, 3.05) is 19.8 Å². The van der Waals surface area contributed by atoms with E-state index in [9.17, 15) is 23.8 Å². The highest BCUT2D eigenvalue weighted by atomic mass is 31.2. The summed E-state index contributed by atoms with van der Waals surface area (Å²) in [5, 5.41) is 8.91. The van der Waals surface area contributed by atoms with Gasteiger partial charge in [-0.2, -0.15) is 0 Å². The maximum Gasteiger partial charge on any atom is 0.472 e. The van der Waals surface area contributed by atoms with Crippen molar-refractivity contribution in [2.24, 2.45) is 5.73 Å². The predicted octanol–water partition coefficient (Wildman–Crippen LogP) is 13.2. The maximum absolute atomic E-state index is 12.7. The number of phosphoric acid groups is 1. The Bertz CT molecular complexity index is 1060. The first-order chi connectivity index (χ1) is 28.6. The summed E-state index contributed by atoms with van der Waals surface area (Å²) in [5.41, 5.74) is 5.34. The Morgan fingerprint density at radius 1 is 0.508 bits per heavy atom. The van der Waals surface area contributed by atoms with E-state index in [0.29, 0.717) is 12.8 Å². The van der Waals surface area contributed by atoms with E-state index in [4.69, 9.17) is 24.8 Å². The molecule has 4 N–H and O–H groups in total. The molecule has 348 valence electrons. The molecular weight excluding hydrogens is 769 g/mol. The lowest BCUT2D eigenvalue weighted by Gasteiger charge is -2.20. The number of ether oxygens (including phenoxy) is 2. The molecule has 3 atom stereocenters. The number of hydrogen-bond acceptors (Lipinski definition) is 9. The van der Waals surface area contributed by atoms with E-state index in [2.05, 4.69) is 30.5 Å². The Labute approximate surface area is 360 Å². The first-order valence-electron chi connectivity index (χ1n) is 24.2. The minimum atomic E-state index is -4.71. The summed E-state index contributed by atoms with van der Waals surface area (Å²) < 4.78 is 32.8. The number of esters is 2. The fourth-order valence-corrected chi connectivity index (χ4v) is 7.72. The van der Waals surface area contributed by atoms with Gasteiger partial charge in [0.05, 0.1) is 13.2 Å². The molecule has 0 heterocycles. The highest BCUT2D eigenvalue weighted by Gasteiger charge is 2.28. The van der Waals surface area contributed by atoms with Gasteiger partial charge < -0.3 is 25.2 Å². The number of phosphoric ester groups is 1. The lowest BCUT2D eigenvalue weighted by atomic mass is 10.0. The van der Waals surface area contributed by atoms with Crippen LogP contribution in [0.1, 0.15) is 239 Å². The molecule has 11 nitrogen and oxygen atoms in total. The van der Waals surface area contributed by atoms with Crippen molar-refractivity contribution in [2.45, 2.75) is 251 Å². The molecule has 0 aliphatic carbocycles. The van der Waals surface area contributed by atoms with Crippen LogP contribution in [0.3, 0.4) is 0 Å². The second-order valence-electron chi connectivity index (χ2n) is 16.6. The average molecular weight is 860 g/mol. The summed E-state index contributed by atoms with van der Waals surface area (Å²) in [5.74, 6) is -2.37. The molecule has 0 saturated carbocycles. The summed E-state index contributed by atoms with van der Waals surface area (Å²) in [4.78, 5) is 46.1. The van der Waals surface area contributed by atoms with Crippen molar-refractivity contribution in [1.29, 1.82) is 0 Å². The topological polar surface area (TPSA) is 172 Å². The molecule has 0 amide bonds. The predicted molar refractivity (Wildman–Crippen MR) is 240 cm³/mol. The molecule has 0 aromatic rings. The number of hydrogen-bond donors (Lipinski definition) is 3. The zero-order valence-electron chi connectivity index (χ0n) is 37.9. The number of carboxylic acids is 1. The summed E-state index contributed by atoms with van der Waals surface area (Å²) in [6.45, 7) is 2.84. The third-order valence-electron chi connectivity index (χ3n) is 10.8. The van der Waals surface area contributed by atoms with Crippen LogP contribution in [-0.4, -0.2) is 59.9 Å². The van der Waals surface area contributed by atoms with Crippen LogP contribution >= 0.6 is 7.82 Å². The molecular formula is C47H90NO10P. The van der Waals surface area contributed by atoms with Crippen LogP contribution in [0.15, 0.2) is 12.2 Å². The van der Waals surface area contributed by atoms with Gasteiger partial charge in [-0.1, -0.05) is 199 Å². The fraction of sp³-hybridized carbons (Fsp3) is 0.894. The van der Waals surface area contributed by atoms with Crippen molar-refractivity contribution >= 4 is 25.7 Å². The Hall–Kier alpha value is -1.78. The maximum atomic E-state index is 12.7. The zero-order valence-corrected chi connectivity index (χ0v) is 38.8. The molecule has 0 aromatic carbocycles. The minimum Gasteiger partial charge on any atom is -0.480 e. The molecule has 0 spiro atoms. The first kappa shape index (κ1) is 57.2. The zero-order chi connectivity index (χ0) is 43.5. The number of rotatable bonds is 46. The smallest absolute Gasteiger partial charge is 0.472 e. The van der Waals surface area contributed by atoms with Crippen LogP contribution in [0.2, 0.25) is 0 Å². The number of carbonyl (C=O) groups excluding carboxylic acids is 2. The van der Waals surface area contributed by atoms with Gasteiger partial charge in [0.1, 0.15) is 12.6 Å². The number of allylic oxidation sites excluding steroid dienone is 2. The van der Waals surface area contributed by atoms with Crippen LogP contribution in [0.4, 0.5) is 0 Å². The molecule has 0 aliphatic rings. The molecule has 59 heavy (non-hydrogen) atoms. The van der Waals surface area contributed by atoms with Gasteiger partial charge >= 0.3 is 25.7 Å². The van der Waals surface area contributed by atoms with Gasteiger partial charge in [-0.25, -0.2) is 4.57 Å². The van der Waals surface area contributed by atoms with Crippen LogP contribution in [0, 0.1) is 0 Å². The van der Waals surface area contributed by atoms with E-state index < -0.39 is 51.1 Å². The van der Waals surface area contributed by atoms with Crippen LogP contribution in [0.5, 0.6) is 0 Å².